The van der Waals surface area contributed by atoms with Gasteiger partial charge in [-0.05, 0) is 49.3 Å². The Bertz CT molecular complexity index is 483. The van der Waals surface area contributed by atoms with Crippen molar-refractivity contribution in [3.63, 3.8) is 0 Å². The molecule has 2 rings (SSSR count). The second-order valence-electron chi connectivity index (χ2n) is 5.48. The molecule has 3 N–H and O–H groups in total. The summed E-state index contributed by atoms with van der Waals surface area (Å²) < 4.78 is 19.1. The molecule has 1 fully saturated rings. The Morgan fingerprint density at radius 1 is 1.40 bits per heavy atom. The van der Waals surface area contributed by atoms with Gasteiger partial charge in [0.25, 0.3) is 0 Å². The van der Waals surface area contributed by atoms with Crippen molar-refractivity contribution in [1.82, 2.24) is 0 Å². The molecule has 1 saturated carbocycles. The van der Waals surface area contributed by atoms with Gasteiger partial charge in [-0.2, -0.15) is 0 Å². The maximum atomic E-state index is 13.2. The summed E-state index contributed by atoms with van der Waals surface area (Å²) >= 11 is 0. The molecule has 4 nitrogen and oxygen atoms in total. The highest BCUT2D eigenvalue weighted by atomic mass is 19.1. The molecule has 110 valence electrons. The summed E-state index contributed by atoms with van der Waals surface area (Å²) in [5.74, 6) is 0.260. The molecule has 0 spiro atoms. The lowest BCUT2D eigenvalue weighted by Gasteiger charge is -2.26. The quantitative estimate of drug-likeness (QED) is 0.385. The molecule has 0 saturated heterocycles. The Balaban J connectivity index is 2.02. The number of hydrogen-bond donors (Lipinski definition) is 2. The third-order valence-electron chi connectivity index (χ3n) is 3.89. The Kier molecular flexibility index (Phi) is 4.95. The van der Waals surface area contributed by atoms with E-state index in [-0.39, 0.29) is 11.9 Å². The van der Waals surface area contributed by atoms with E-state index in [1.807, 2.05) is 0 Å². The maximum absolute atomic E-state index is 13.2. The predicted octanol–water partition coefficient (Wildman–Crippen LogP) is 3.02. The largest absolute Gasteiger partial charge is 0.409 e. The molecule has 0 bridgehead atoms. The van der Waals surface area contributed by atoms with Crippen molar-refractivity contribution in [3.05, 3.63) is 35.1 Å². The predicted molar refractivity (Wildman–Crippen MR) is 75.1 cm³/mol. The number of hydrogen-bond acceptors (Lipinski definition) is 3. The highest BCUT2D eigenvalue weighted by Crippen LogP contribution is 2.26. The zero-order valence-corrected chi connectivity index (χ0v) is 11.7. The van der Waals surface area contributed by atoms with Crippen LogP contribution in [-0.2, 0) is 11.3 Å². The first-order valence-corrected chi connectivity index (χ1v) is 6.98. The van der Waals surface area contributed by atoms with Crippen LogP contribution in [0.4, 0.5) is 4.39 Å². The molecule has 0 aliphatic heterocycles. The van der Waals surface area contributed by atoms with Gasteiger partial charge in [0, 0.05) is 5.56 Å². The van der Waals surface area contributed by atoms with Crippen LogP contribution in [0.2, 0.25) is 0 Å². The molecule has 1 aromatic carbocycles. The Hall–Kier alpha value is -1.62. The normalized spacial score (nSPS) is 23.8. The summed E-state index contributed by atoms with van der Waals surface area (Å²) in [6.07, 6.45) is 4.72. The summed E-state index contributed by atoms with van der Waals surface area (Å²) in [5, 5.41) is 11.7. The average molecular weight is 280 g/mol. The van der Waals surface area contributed by atoms with E-state index in [2.05, 4.69) is 12.1 Å². The van der Waals surface area contributed by atoms with Gasteiger partial charge < -0.3 is 15.7 Å². The van der Waals surface area contributed by atoms with Gasteiger partial charge in [-0.25, -0.2) is 4.39 Å². The fourth-order valence-electron chi connectivity index (χ4n) is 2.57. The number of ether oxygens (including phenoxy) is 1. The number of halogens is 1. The van der Waals surface area contributed by atoms with E-state index in [1.165, 1.54) is 25.0 Å². The van der Waals surface area contributed by atoms with Crippen LogP contribution in [0.5, 0.6) is 0 Å². The van der Waals surface area contributed by atoms with Gasteiger partial charge >= 0.3 is 0 Å². The molecule has 0 radical (unpaired) electrons. The lowest BCUT2D eigenvalue weighted by Crippen LogP contribution is -2.21. The highest BCUT2D eigenvalue weighted by Gasteiger charge is 2.19. The third kappa shape index (κ3) is 3.70. The summed E-state index contributed by atoms with van der Waals surface area (Å²) in [5.41, 5.74) is 6.69. The van der Waals surface area contributed by atoms with E-state index < -0.39 is 5.82 Å². The summed E-state index contributed by atoms with van der Waals surface area (Å²) in [7, 11) is 0. The van der Waals surface area contributed by atoms with E-state index in [1.54, 1.807) is 6.07 Å². The summed E-state index contributed by atoms with van der Waals surface area (Å²) in [6.45, 7) is 2.61. The van der Waals surface area contributed by atoms with Gasteiger partial charge in [-0.3, -0.25) is 0 Å². The van der Waals surface area contributed by atoms with Gasteiger partial charge in [0.1, 0.15) is 5.82 Å². The maximum Gasteiger partial charge on any atom is 0.170 e. The minimum Gasteiger partial charge on any atom is -0.409 e. The average Bonchev–Trinajstić information content (AvgIpc) is 2.46. The molecule has 1 aliphatic rings. The summed E-state index contributed by atoms with van der Waals surface area (Å²) in [6, 6.07) is 4.24. The minimum atomic E-state index is -0.415. The van der Waals surface area contributed by atoms with Gasteiger partial charge in [0.15, 0.2) is 5.84 Å². The van der Waals surface area contributed by atoms with Crippen LogP contribution < -0.4 is 5.73 Å². The monoisotopic (exact) mass is 280 g/mol. The first kappa shape index (κ1) is 14.8. The molecule has 0 aromatic heterocycles. The van der Waals surface area contributed by atoms with Crippen molar-refractivity contribution < 1.29 is 14.3 Å². The van der Waals surface area contributed by atoms with Gasteiger partial charge in [-0.15, -0.1) is 0 Å². The van der Waals surface area contributed by atoms with Crippen molar-refractivity contribution in [1.29, 1.82) is 0 Å². The molecule has 20 heavy (non-hydrogen) atoms. The van der Waals surface area contributed by atoms with Crippen molar-refractivity contribution >= 4 is 5.84 Å². The molecule has 5 heteroatoms. The number of amidine groups is 1. The van der Waals surface area contributed by atoms with Crippen LogP contribution in [-0.4, -0.2) is 17.1 Å². The Morgan fingerprint density at radius 2 is 2.10 bits per heavy atom. The Morgan fingerprint density at radius 3 is 2.75 bits per heavy atom. The van der Waals surface area contributed by atoms with Gasteiger partial charge in [-0.1, -0.05) is 18.1 Å². The van der Waals surface area contributed by atoms with Crippen molar-refractivity contribution in [2.75, 3.05) is 0 Å². The lowest BCUT2D eigenvalue weighted by molar-refractivity contribution is 0.00869. The SMILES string of the molecule is CC1CCC(OCc2ccc(F)cc2C(N)=NO)CC1. The molecular formula is C15H21FN2O2. The smallest absolute Gasteiger partial charge is 0.170 e. The molecule has 0 amide bonds. The topological polar surface area (TPSA) is 67.8 Å². The molecule has 0 unspecified atom stereocenters. The second-order valence-corrected chi connectivity index (χ2v) is 5.48. The minimum absolute atomic E-state index is 0.0969. The number of nitrogens with zero attached hydrogens (tertiary/aromatic N) is 1. The number of rotatable bonds is 4. The molecule has 0 atom stereocenters. The van der Waals surface area contributed by atoms with E-state index in [0.717, 1.165) is 24.3 Å². The van der Waals surface area contributed by atoms with Crippen LogP contribution in [0.1, 0.15) is 43.7 Å². The molecule has 1 aliphatic carbocycles. The zero-order valence-electron chi connectivity index (χ0n) is 11.7. The first-order chi connectivity index (χ1) is 9.60. The first-order valence-electron chi connectivity index (χ1n) is 6.98. The molecular weight excluding hydrogens is 259 g/mol. The molecule has 0 heterocycles. The van der Waals surface area contributed by atoms with E-state index >= 15 is 0 Å². The standard InChI is InChI=1S/C15H21FN2O2/c1-10-2-6-13(7-3-10)20-9-11-4-5-12(16)8-14(11)15(17)18-19/h4-5,8,10,13,19H,2-3,6-7,9H2,1H3,(H2,17,18). The highest BCUT2D eigenvalue weighted by molar-refractivity contribution is 5.98. The lowest BCUT2D eigenvalue weighted by atomic mass is 9.89. The van der Waals surface area contributed by atoms with Gasteiger partial charge in [0.2, 0.25) is 0 Å². The fourth-order valence-corrected chi connectivity index (χ4v) is 2.57. The van der Waals surface area contributed by atoms with E-state index in [9.17, 15) is 4.39 Å². The number of oxime groups is 1. The third-order valence-corrected chi connectivity index (χ3v) is 3.89. The van der Waals surface area contributed by atoms with Crippen LogP contribution in [0.25, 0.3) is 0 Å². The fraction of sp³-hybridized carbons (Fsp3) is 0.533. The summed E-state index contributed by atoms with van der Waals surface area (Å²) in [4.78, 5) is 0. The van der Waals surface area contributed by atoms with Crippen molar-refractivity contribution in [2.45, 2.75) is 45.3 Å². The van der Waals surface area contributed by atoms with Gasteiger partial charge in [0.05, 0.1) is 12.7 Å². The van der Waals surface area contributed by atoms with E-state index in [4.69, 9.17) is 15.7 Å². The zero-order chi connectivity index (χ0) is 14.5. The Labute approximate surface area is 118 Å². The van der Waals surface area contributed by atoms with Crippen LogP contribution in [0.3, 0.4) is 0 Å². The molecule has 1 aromatic rings. The second kappa shape index (κ2) is 6.70. The number of benzene rings is 1. The van der Waals surface area contributed by atoms with Crippen LogP contribution in [0.15, 0.2) is 23.4 Å². The van der Waals surface area contributed by atoms with E-state index in [0.29, 0.717) is 12.2 Å². The van der Waals surface area contributed by atoms with Crippen LogP contribution in [0, 0.1) is 11.7 Å². The number of nitrogens with two attached hydrogens (primary N) is 1. The van der Waals surface area contributed by atoms with Crippen LogP contribution >= 0.6 is 0 Å². The van der Waals surface area contributed by atoms with Crippen molar-refractivity contribution in [2.24, 2.45) is 16.8 Å². The van der Waals surface area contributed by atoms with Crippen molar-refractivity contribution in [3.8, 4) is 0 Å².